The Morgan fingerprint density at radius 1 is 1.27 bits per heavy atom. The summed E-state index contributed by atoms with van der Waals surface area (Å²) in [5.74, 6) is 1.05. The van der Waals surface area contributed by atoms with E-state index in [2.05, 4.69) is 15.2 Å². The molecule has 2 rings (SSSR count). The number of ether oxygens (including phenoxy) is 2. The summed E-state index contributed by atoms with van der Waals surface area (Å²) in [5.41, 5.74) is 0. The molecule has 2 aromatic rings. The maximum absolute atomic E-state index is 12.6. The van der Waals surface area contributed by atoms with Crippen molar-refractivity contribution in [1.29, 1.82) is 0 Å². The first kappa shape index (κ1) is 16.5. The zero-order valence-electron chi connectivity index (χ0n) is 12.2. The zero-order chi connectivity index (χ0) is 16.3. The van der Waals surface area contributed by atoms with E-state index in [1.54, 1.807) is 0 Å². The van der Waals surface area contributed by atoms with Gasteiger partial charge in [0.05, 0.1) is 25.8 Å². The molecule has 0 saturated carbocycles. The number of hydrogen-bond donors (Lipinski definition) is 1. The molecule has 22 heavy (non-hydrogen) atoms. The Kier molecular flexibility index (Phi) is 4.89. The number of sulfonamides is 1. The molecule has 0 unspecified atom stereocenters. The Labute approximate surface area is 133 Å². The van der Waals surface area contributed by atoms with E-state index in [-0.39, 0.29) is 22.2 Å². The highest BCUT2D eigenvalue weighted by atomic mass is 35.5. The highest BCUT2D eigenvalue weighted by molar-refractivity contribution is 7.89. The maximum Gasteiger partial charge on any atom is 0.244 e. The molecule has 8 nitrogen and oxygen atoms in total. The molecule has 0 bridgehead atoms. The lowest BCUT2D eigenvalue weighted by Crippen LogP contribution is -2.27. The SMILES string of the molecule is COc1cc(Cl)c(S(=O)(=O)N(C)Cc2ncn[nH]2)cc1OC. The van der Waals surface area contributed by atoms with Crippen LogP contribution >= 0.6 is 11.6 Å². The monoisotopic (exact) mass is 346 g/mol. The van der Waals surface area contributed by atoms with Crippen LogP contribution in [0.15, 0.2) is 23.4 Å². The van der Waals surface area contributed by atoms with Gasteiger partial charge in [-0.3, -0.25) is 5.10 Å². The molecule has 1 N–H and O–H groups in total. The normalized spacial score (nSPS) is 11.7. The van der Waals surface area contributed by atoms with Crippen molar-refractivity contribution < 1.29 is 17.9 Å². The third-order valence-electron chi connectivity index (χ3n) is 2.96. The van der Waals surface area contributed by atoms with Crippen LogP contribution < -0.4 is 9.47 Å². The molecule has 0 amide bonds. The average Bonchev–Trinajstić information content (AvgIpc) is 2.99. The van der Waals surface area contributed by atoms with Gasteiger partial charge in [0.1, 0.15) is 17.0 Å². The Morgan fingerprint density at radius 2 is 1.91 bits per heavy atom. The van der Waals surface area contributed by atoms with Crippen LogP contribution in [0.2, 0.25) is 5.02 Å². The van der Waals surface area contributed by atoms with Crippen molar-refractivity contribution in [2.75, 3.05) is 21.3 Å². The zero-order valence-corrected chi connectivity index (χ0v) is 13.8. The van der Waals surface area contributed by atoms with Gasteiger partial charge < -0.3 is 9.47 Å². The summed E-state index contributed by atoms with van der Waals surface area (Å²) < 4.78 is 36.6. The minimum Gasteiger partial charge on any atom is -0.493 e. The van der Waals surface area contributed by atoms with Crippen molar-refractivity contribution in [2.45, 2.75) is 11.4 Å². The number of H-pyrrole nitrogens is 1. The third kappa shape index (κ3) is 3.16. The predicted octanol–water partition coefficient (Wildman–Crippen LogP) is 1.30. The summed E-state index contributed by atoms with van der Waals surface area (Å²) >= 11 is 6.07. The average molecular weight is 347 g/mol. The van der Waals surface area contributed by atoms with Crippen LogP contribution in [-0.2, 0) is 16.6 Å². The van der Waals surface area contributed by atoms with Gasteiger partial charge in [-0.15, -0.1) is 0 Å². The van der Waals surface area contributed by atoms with Crippen molar-refractivity contribution in [1.82, 2.24) is 19.5 Å². The van der Waals surface area contributed by atoms with Crippen LogP contribution in [0.1, 0.15) is 5.82 Å². The molecule has 1 aromatic heterocycles. The predicted molar refractivity (Wildman–Crippen MR) is 79.6 cm³/mol. The summed E-state index contributed by atoms with van der Waals surface area (Å²) in [6.45, 7) is 0.0347. The molecule has 0 aliphatic heterocycles. The highest BCUT2D eigenvalue weighted by Gasteiger charge is 2.26. The summed E-state index contributed by atoms with van der Waals surface area (Å²) in [7, 11) is 0.456. The van der Waals surface area contributed by atoms with Crippen LogP contribution in [-0.4, -0.2) is 49.2 Å². The number of methoxy groups -OCH3 is 2. The largest absolute Gasteiger partial charge is 0.493 e. The molecular weight excluding hydrogens is 332 g/mol. The minimum absolute atomic E-state index is 0.0347. The first-order valence-corrected chi connectivity index (χ1v) is 7.94. The fraction of sp³-hybridized carbons (Fsp3) is 0.333. The number of rotatable bonds is 6. The summed E-state index contributed by atoms with van der Waals surface area (Å²) in [6.07, 6.45) is 1.30. The van der Waals surface area contributed by atoms with E-state index in [0.717, 1.165) is 4.31 Å². The molecule has 120 valence electrons. The molecule has 0 fully saturated rings. The number of hydrogen-bond acceptors (Lipinski definition) is 6. The molecule has 0 saturated heterocycles. The molecule has 0 aliphatic carbocycles. The summed E-state index contributed by atoms with van der Waals surface area (Å²) in [4.78, 5) is 3.82. The van der Waals surface area contributed by atoms with Crippen molar-refractivity contribution in [3.63, 3.8) is 0 Å². The number of nitrogens with zero attached hydrogens (tertiary/aromatic N) is 3. The van der Waals surface area contributed by atoms with Crippen LogP contribution in [0.4, 0.5) is 0 Å². The van der Waals surface area contributed by atoms with Gasteiger partial charge in [0.2, 0.25) is 10.0 Å². The van der Waals surface area contributed by atoms with Crippen LogP contribution in [0.5, 0.6) is 11.5 Å². The molecule has 0 aliphatic rings. The summed E-state index contributed by atoms with van der Waals surface area (Å²) in [5, 5.41) is 6.32. The first-order valence-electron chi connectivity index (χ1n) is 6.12. The highest BCUT2D eigenvalue weighted by Crippen LogP contribution is 2.36. The van der Waals surface area contributed by atoms with E-state index in [1.165, 1.54) is 39.7 Å². The third-order valence-corrected chi connectivity index (χ3v) is 5.23. The maximum atomic E-state index is 12.6. The quantitative estimate of drug-likeness (QED) is 0.846. The molecule has 10 heteroatoms. The Hall–Kier alpha value is -1.84. The van der Waals surface area contributed by atoms with Crippen molar-refractivity contribution in [3.05, 3.63) is 29.3 Å². The molecule has 0 radical (unpaired) electrons. The molecule has 1 aromatic carbocycles. The second-order valence-corrected chi connectivity index (χ2v) is 6.75. The fourth-order valence-electron chi connectivity index (χ4n) is 1.80. The lowest BCUT2D eigenvalue weighted by Gasteiger charge is -2.18. The van der Waals surface area contributed by atoms with E-state index in [1.807, 2.05) is 0 Å². The van der Waals surface area contributed by atoms with Crippen LogP contribution in [0.25, 0.3) is 0 Å². The number of benzene rings is 1. The van der Waals surface area contributed by atoms with E-state index in [0.29, 0.717) is 11.6 Å². The van der Waals surface area contributed by atoms with Gasteiger partial charge in [-0.1, -0.05) is 11.6 Å². The molecule has 0 spiro atoms. The Morgan fingerprint density at radius 3 is 2.45 bits per heavy atom. The van der Waals surface area contributed by atoms with Crippen LogP contribution in [0, 0.1) is 0 Å². The van der Waals surface area contributed by atoms with Gasteiger partial charge in [0, 0.05) is 19.2 Å². The van der Waals surface area contributed by atoms with E-state index in [4.69, 9.17) is 21.1 Å². The molecule has 1 heterocycles. The minimum atomic E-state index is -3.83. The number of aromatic amines is 1. The van der Waals surface area contributed by atoms with Crippen LogP contribution in [0.3, 0.4) is 0 Å². The Bertz CT molecular complexity index is 749. The molecular formula is C12H15ClN4O4S. The smallest absolute Gasteiger partial charge is 0.244 e. The second kappa shape index (κ2) is 6.51. The first-order chi connectivity index (χ1) is 10.4. The fourth-order valence-corrected chi connectivity index (χ4v) is 3.44. The number of nitrogens with one attached hydrogen (secondary N) is 1. The number of aromatic nitrogens is 3. The van der Waals surface area contributed by atoms with Gasteiger partial charge in [-0.05, 0) is 0 Å². The second-order valence-electron chi connectivity index (χ2n) is 4.33. The number of halogens is 1. The van der Waals surface area contributed by atoms with Gasteiger partial charge in [0.15, 0.2) is 11.5 Å². The van der Waals surface area contributed by atoms with E-state index in [9.17, 15) is 8.42 Å². The van der Waals surface area contributed by atoms with Gasteiger partial charge in [-0.25, -0.2) is 13.4 Å². The van der Waals surface area contributed by atoms with Crippen molar-refractivity contribution in [3.8, 4) is 11.5 Å². The standard InChI is InChI=1S/C12H15ClN4O4S/c1-17(6-12-14-7-15-16-12)22(18,19)11-5-10(21-3)9(20-2)4-8(11)13/h4-5,7H,6H2,1-3H3,(H,14,15,16). The van der Waals surface area contributed by atoms with Crippen molar-refractivity contribution >= 4 is 21.6 Å². The molecule has 0 atom stereocenters. The Balaban J connectivity index is 2.40. The van der Waals surface area contributed by atoms with Gasteiger partial charge in [-0.2, -0.15) is 9.40 Å². The topological polar surface area (TPSA) is 97.4 Å². The lowest BCUT2D eigenvalue weighted by atomic mass is 10.3. The summed E-state index contributed by atoms with van der Waals surface area (Å²) in [6, 6.07) is 2.73. The van der Waals surface area contributed by atoms with Crippen molar-refractivity contribution in [2.24, 2.45) is 0 Å². The van der Waals surface area contributed by atoms with E-state index < -0.39 is 10.0 Å². The van der Waals surface area contributed by atoms with E-state index >= 15 is 0 Å². The van der Waals surface area contributed by atoms with Gasteiger partial charge in [0.25, 0.3) is 0 Å². The van der Waals surface area contributed by atoms with Gasteiger partial charge >= 0.3 is 0 Å². The lowest BCUT2D eigenvalue weighted by molar-refractivity contribution is 0.353.